The van der Waals surface area contributed by atoms with Gasteiger partial charge in [0.05, 0.1) is 7.11 Å². The molecule has 0 N–H and O–H groups in total. The lowest BCUT2D eigenvalue weighted by molar-refractivity contribution is -0.140. The van der Waals surface area contributed by atoms with Crippen LogP contribution < -0.4 is 4.74 Å². The molecule has 3 rings (SSSR count). The summed E-state index contributed by atoms with van der Waals surface area (Å²) >= 11 is 0. The molecule has 0 fully saturated rings. The number of rotatable bonds is 6. The molecule has 0 amide bonds. The summed E-state index contributed by atoms with van der Waals surface area (Å²) in [5, 5.41) is 1.07. The van der Waals surface area contributed by atoms with Gasteiger partial charge in [-0.2, -0.15) is 0 Å². The summed E-state index contributed by atoms with van der Waals surface area (Å²) < 4.78 is 16.1. The average Bonchev–Trinajstić information content (AvgIpc) is 3.01. The SMILES string of the molecule is COC(=O)CCc1ccc(OCc2cc3ccccc3o2)cc1. The molecule has 0 radical (unpaired) electrons. The number of ether oxygens (including phenoxy) is 2. The van der Waals surface area contributed by atoms with Crippen LogP contribution in [-0.2, 0) is 22.6 Å². The lowest BCUT2D eigenvalue weighted by atomic mass is 10.1. The Labute approximate surface area is 134 Å². The summed E-state index contributed by atoms with van der Waals surface area (Å²) in [5.74, 6) is 1.36. The van der Waals surface area contributed by atoms with Gasteiger partial charge in [0.2, 0.25) is 0 Å². The third-order valence-corrected chi connectivity index (χ3v) is 3.63. The maximum absolute atomic E-state index is 11.1. The second-order valence-electron chi connectivity index (χ2n) is 5.26. The Bertz CT molecular complexity index is 753. The zero-order valence-corrected chi connectivity index (χ0v) is 13.0. The Morgan fingerprint density at radius 3 is 2.61 bits per heavy atom. The molecule has 1 aromatic heterocycles. The third-order valence-electron chi connectivity index (χ3n) is 3.63. The molecule has 0 atom stereocenters. The van der Waals surface area contributed by atoms with Crippen LogP contribution in [0.15, 0.2) is 59.0 Å². The van der Waals surface area contributed by atoms with Gasteiger partial charge >= 0.3 is 5.97 Å². The molecule has 0 aliphatic carbocycles. The predicted molar refractivity (Wildman–Crippen MR) is 87.3 cm³/mol. The van der Waals surface area contributed by atoms with E-state index in [0.29, 0.717) is 19.4 Å². The molecule has 0 saturated carbocycles. The molecule has 0 spiro atoms. The Balaban J connectivity index is 1.56. The number of esters is 1. The molecule has 3 aromatic rings. The van der Waals surface area contributed by atoms with Crippen LogP contribution in [0.4, 0.5) is 0 Å². The summed E-state index contributed by atoms with van der Waals surface area (Å²) in [4.78, 5) is 11.1. The van der Waals surface area contributed by atoms with Crippen molar-refractivity contribution < 1.29 is 18.7 Å². The van der Waals surface area contributed by atoms with E-state index in [1.165, 1.54) is 7.11 Å². The fourth-order valence-corrected chi connectivity index (χ4v) is 2.36. The molecule has 2 aromatic carbocycles. The molecule has 4 heteroatoms. The number of benzene rings is 2. The van der Waals surface area contributed by atoms with Gasteiger partial charge in [-0.3, -0.25) is 4.79 Å². The first-order valence-corrected chi connectivity index (χ1v) is 7.50. The van der Waals surface area contributed by atoms with Crippen LogP contribution in [0, 0.1) is 0 Å². The maximum Gasteiger partial charge on any atom is 0.305 e. The van der Waals surface area contributed by atoms with Crippen molar-refractivity contribution in [3.8, 4) is 5.75 Å². The largest absolute Gasteiger partial charge is 0.486 e. The van der Waals surface area contributed by atoms with Crippen LogP contribution in [0.2, 0.25) is 0 Å². The first kappa shape index (κ1) is 15.2. The molecule has 0 saturated heterocycles. The number of carbonyl (C=O) groups is 1. The number of aryl methyl sites for hydroxylation is 1. The van der Waals surface area contributed by atoms with Crippen molar-refractivity contribution in [2.24, 2.45) is 0 Å². The average molecular weight is 310 g/mol. The van der Waals surface area contributed by atoms with E-state index in [4.69, 9.17) is 9.15 Å². The maximum atomic E-state index is 11.1. The molecule has 1 heterocycles. The number of hydrogen-bond donors (Lipinski definition) is 0. The molecule has 118 valence electrons. The van der Waals surface area contributed by atoms with Crippen molar-refractivity contribution in [3.63, 3.8) is 0 Å². The van der Waals surface area contributed by atoms with Crippen LogP contribution in [0.25, 0.3) is 11.0 Å². The lowest BCUT2D eigenvalue weighted by Crippen LogP contribution is -2.01. The molecule has 23 heavy (non-hydrogen) atoms. The van der Waals surface area contributed by atoms with E-state index in [1.807, 2.05) is 54.6 Å². The van der Waals surface area contributed by atoms with Crippen molar-refractivity contribution in [2.45, 2.75) is 19.4 Å². The van der Waals surface area contributed by atoms with Gasteiger partial charge in [-0.05, 0) is 36.2 Å². The van der Waals surface area contributed by atoms with Crippen LogP contribution >= 0.6 is 0 Å². The highest BCUT2D eigenvalue weighted by atomic mass is 16.5. The van der Waals surface area contributed by atoms with E-state index in [-0.39, 0.29) is 5.97 Å². The van der Waals surface area contributed by atoms with Gasteiger partial charge in [0.1, 0.15) is 23.7 Å². The topological polar surface area (TPSA) is 48.7 Å². The Hall–Kier alpha value is -2.75. The van der Waals surface area contributed by atoms with Gasteiger partial charge in [0.15, 0.2) is 0 Å². The number of carbonyl (C=O) groups excluding carboxylic acids is 1. The van der Waals surface area contributed by atoms with Crippen LogP contribution in [0.1, 0.15) is 17.7 Å². The number of furan rings is 1. The van der Waals surface area contributed by atoms with Crippen molar-refractivity contribution in [1.82, 2.24) is 0 Å². The van der Waals surface area contributed by atoms with Crippen molar-refractivity contribution in [2.75, 3.05) is 7.11 Å². The molecular formula is C19H18O4. The summed E-state index contributed by atoms with van der Waals surface area (Å²) in [6.07, 6.45) is 1.05. The number of methoxy groups -OCH3 is 1. The minimum atomic E-state index is -0.199. The minimum Gasteiger partial charge on any atom is -0.486 e. The van der Waals surface area contributed by atoms with E-state index in [1.54, 1.807) is 0 Å². The number of hydrogen-bond acceptors (Lipinski definition) is 4. The Morgan fingerprint density at radius 1 is 1.09 bits per heavy atom. The fraction of sp³-hybridized carbons (Fsp3) is 0.211. The first-order chi connectivity index (χ1) is 11.2. The molecule has 0 aliphatic heterocycles. The van der Waals surface area contributed by atoms with Crippen LogP contribution in [0.5, 0.6) is 5.75 Å². The number of para-hydroxylation sites is 1. The van der Waals surface area contributed by atoms with E-state index >= 15 is 0 Å². The third kappa shape index (κ3) is 3.92. The Kier molecular flexibility index (Phi) is 4.62. The zero-order chi connectivity index (χ0) is 16.1. The van der Waals surface area contributed by atoms with E-state index < -0.39 is 0 Å². The van der Waals surface area contributed by atoms with E-state index in [2.05, 4.69) is 4.74 Å². The van der Waals surface area contributed by atoms with Crippen molar-refractivity contribution in [1.29, 1.82) is 0 Å². The quantitative estimate of drug-likeness (QED) is 0.643. The summed E-state index contributed by atoms with van der Waals surface area (Å²) in [7, 11) is 1.40. The molecule has 0 unspecified atom stereocenters. The zero-order valence-electron chi connectivity index (χ0n) is 13.0. The highest BCUT2D eigenvalue weighted by Crippen LogP contribution is 2.21. The van der Waals surface area contributed by atoms with Gasteiger partial charge in [-0.25, -0.2) is 0 Å². The highest BCUT2D eigenvalue weighted by molar-refractivity contribution is 5.77. The van der Waals surface area contributed by atoms with Gasteiger partial charge in [-0.15, -0.1) is 0 Å². The monoisotopic (exact) mass is 310 g/mol. The smallest absolute Gasteiger partial charge is 0.305 e. The predicted octanol–water partition coefficient (Wildman–Crippen LogP) is 4.12. The van der Waals surface area contributed by atoms with Gasteiger partial charge in [0.25, 0.3) is 0 Å². The van der Waals surface area contributed by atoms with Crippen molar-refractivity contribution in [3.05, 3.63) is 65.9 Å². The van der Waals surface area contributed by atoms with Crippen molar-refractivity contribution >= 4 is 16.9 Å². The van der Waals surface area contributed by atoms with Gasteiger partial charge in [0, 0.05) is 11.8 Å². The molecular weight excluding hydrogens is 292 g/mol. The van der Waals surface area contributed by atoms with Gasteiger partial charge < -0.3 is 13.9 Å². The molecule has 0 bridgehead atoms. The van der Waals surface area contributed by atoms with E-state index in [9.17, 15) is 4.79 Å². The lowest BCUT2D eigenvalue weighted by Gasteiger charge is -2.05. The standard InChI is InChI=1S/C19H18O4/c1-21-19(20)11-8-14-6-9-16(10-7-14)22-13-17-12-15-4-2-3-5-18(15)23-17/h2-7,9-10,12H,8,11,13H2,1H3. The fourth-order valence-electron chi connectivity index (χ4n) is 2.36. The van der Waals surface area contributed by atoms with Crippen LogP contribution in [0.3, 0.4) is 0 Å². The highest BCUT2D eigenvalue weighted by Gasteiger charge is 2.05. The second-order valence-corrected chi connectivity index (χ2v) is 5.26. The van der Waals surface area contributed by atoms with Crippen LogP contribution in [-0.4, -0.2) is 13.1 Å². The van der Waals surface area contributed by atoms with E-state index in [0.717, 1.165) is 28.0 Å². The Morgan fingerprint density at radius 2 is 1.87 bits per heavy atom. The second kappa shape index (κ2) is 7.01. The summed E-state index contributed by atoms with van der Waals surface area (Å²) in [6.45, 7) is 0.385. The molecule has 4 nitrogen and oxygen atoms in total. The first-order valence-electron chi connectivity index (χ1n) is 7.50. The van der Waals surface area contributed by atoms with Gasteiger partial charge in [-0.1, -0.05) is 30.3 Å². The summed E-state index contributed by atoms with van der Waals surface area (Å²) in [5.41, 5.74) is 1.94. The summed E-state index contributed by atoms with van der Waals surface area (Å²) in [6, 6.07) is 17.6. The minimum absolute atomic E-state index is 0.199. The molecule has 0 aliphatic rings. The number of fused-ring (bicyclic) bond motifs is 1. The normalized spacial score (nSPS) is 10.7.